The summed E-state index contributed by atoms with van der Waals surface area (Å²) in [7, 11) is 0. The molecule has 1 fully saturated rings. The van der Waals surface area contributed by atoms with Crippen LogP contribution in [-0.4, -0.2) is 41.3 Å². The van der Waals surface area contributed by atoms with E-state index in [1.54, 1.807) is 13.1 Å². The molecule has 0 saturated carbocycles. The average molecular weight is 417 g/mol. The van der Waals surface area contributed by atoms with Crippen molar-refractivity contribution in [3.05, 3.63) is 53.1 Å². The van der Waals surface area contributed by atoms with Crippen molar-refractivity contribution in [1.29, 1.82) is 0 Å². The minimum atomic E-state index is -2.87. The number of nitrogens with zero attached hydrogens (tertiary/aromatic N) is 4. The number of anilines is 2. The van der Waals surface area contributed by atoms with Gasteiger partial charge in [-0.3, -0.25) is 0 Å². The van der Waals surface area contributed by atoms with Gasteiger partial charge in [-0.2, -0.15) is 0 Å². The van der Waals surface area contributed by atoms with Gasteiger partial charge < -0.3 is 15.0 Å². The molecule has 3 heterocycles. The van der Waals surface area contributed by atoms with Crippen LogP contribution in [0.25, 0.3) is 11.0 Å². The molecule has 9 heteroatoms. The molecule has 1 aromatic carbocycles. The van der Waals surface area contributed by atoms with Crippen LogP contribution in [0.4, 0.5) is 24.8 Å². The van der Waals surface area contributed by atoms with Crippen molar-refractivity contribution < 1.29 is 17.9 Å². The highest BCUT2D eigenvalue weighted by molar-refractivity contribution is 5.88. The topological polar surface area (TPSA) is 63.2 Å². The zero-order valence-corrected chi connectivity index (χ0v) is 16.7. The van der Waals surface area contributed by atoms with Gasteiger partial charge in [0, 0.05) is 24.3 Å². The van der Waals surface area contributed by atoms with Crippen molar-refractivity contribution in [3.63, 3.8) is 0 Å². The van der Waals surface area contributed by atoms with Gasteiger partial charge in [-0.15, -0.1) is 0 Å². The summed E-state index contributed by atoms with van der Waals surface area (Å²) < 4.78 is 46.1. The molecule has 0 bridgehead atoms. The number of pyridine rings is 1. The standard InChI is InChI=1S/C21H22F3N5O/c1-12-10-16(27-13(2)14-4-3-5-15(18(14)22)20(23)24)19-17(26-12)11-25-21(28-19)29-6-8-30-9-7-29/h3-5,10-11,13,20H,6-9H2,1-2H3,(H,26,27). The number of rotatable bonds is 5. The molecule has 1 aliphatic heterocycles. The maximum absolute atomic E-state index is 14.6. The molecule has 158 valence electrons. The highest BCUT2D eigenvalue weighted by atomic mass is 19.3. The Balaban J connectivity index is 1.70. The Morgan fingerprint density at radius 2 is 1.87 bits per heavy atom. The van der Waals surface area contributed by atoms with Crippen LogP contribution < -0.4 is 10.2 Å². The lowest BCUT2D eigenvalue weighted by molar-refractivity contribution is 0.122. The Labute approximate surface area is 172 Å². The summed E-state index contributed by atoms with van der Waals surface area (Å²) in [6, 6.07) is 5.29. The Kier molecular flexibility index (Phi) is 5.72. The summed E-state index contributed by atoms with van der Waals surface area (Å²) in [5, 5.41) is 3.22. The zero-order chi connectivity index (χ0) is 21.3. The molecule has 1 N–H and O–H groups in total. The van der Waals surface area contributed by atoms with E-state index in [0.717, 1.165) is 11.8 Å². The molecule has 0 spiro atoms. The molecule has 1 atom stereocenters. The lowest BCUT2D eigenvalue weighted by Crippen LogP contribution is -2.37. The average Bonchev–Trinajstić information content (AvgIpc) is 2.74. The summed E-state index contributed by atoms with van der Waals surface area (Å²) in [5.74, 6) is -0.329. The van der Waals surface area contributed by atoms with Crippen LogP contribution in [0, 0.1) is 12.7 Å². The number of halogens is 3. The highest BCUT2D eigenvalue weighted by Gasteiger charge is 2.21. The maximum atomic E-state index is 14.6. The summed E-state index contributed by atoms with van der Waals surface area (Å²) in [6.45, 7) is 6.15. The van der Waals surface area contributed by atoms with E-state index in [1.165, 1.54) is 12.1 Å². The number of morpholine rings is 1. The van der Waals surface area contributed by atoms with Crippen LogP contribution in [0.3, 0.4) is 0 Å². The van der Waals surface area contributed by atoms with E-state index in [9.17, 15) is 13.2 Å². The number of nitrogens with one attached hydrogen (secondary N) is 1. The number of hydrogen-bond acceptors (Lipinski definition) is 6. The van der Waals surface area contributed by atoms with Gasteiger partial charge in [-0.05, 0) is 19.9 Å². The fraction of sp³-hybridized carbons (Fsp3) is 0.381. The molecule has 1 aliphatic rings. The number of aryl methyl sites for hydroxylation is 1. The molecule has 3 aromatic rings. The molecule has 1 saturated heterocycles. The van der Waals surface area contributed by atoms with Crippen LogP contribution in [-0.2, 0) is 4.74 Å². The molecule has 30 heavy (non-hydrogen) atoms. The quantitative estimate of drug-likeness (QED) is 0.663. The largest absolute Gasteiger partial charge is 0.378 e. The van der Waals surface area contributed by atoms with Crippen LogP contribution in [0.15, 0.2) is 30.5 Å². The van der Waals surface area contributed by atoms with E-state index < -0.39 is 23.8 Å². The smallest absolute Gasteiger partial charge is 0.266 e. The first-order chi connectivity index (χ1) is 14.4. The fourth-order valence-electron chi connectivity index (χ4n) is 3.55. The first-order valence-electron chi connectivity index (χ1n) is 9.74. The normalized spacial score (nSPS) is 15.6. The molecule has 6 nitrogen and oxygen atoms in total. The van der Waals surface area contributed by atoms with Crippen molar-refractivity contribution in [2.45, 2.75) is 26.3 Å². The van der Waals surface area contributed by atoms with Crippen LogP contribution in [0.1, 0.15) is 36.2 Å². The van der Waals surface area contributed by atoms with Gasteiger partial charge in [0.2, 0.25) is 5.95 Å². The monoisotopic (exact) mass is 417 g/mol. The summed E-state index contributed by atoms with van der Waals surface area (Å²) in [6.07, 6.45) is -1.21. The van der Waals surface area contributed by atoms with Gasteiger partial charge in [0.25, 0.3) is 6.43 Å². The van der Waals surface area contributed by atoms with Gasteiger partial charge in [0.1, 0.15) is 16.9 Å². The Hall–Kier alpha value is -2.94. The first kappa shape index (κ1) is 20.3. The molecule has 0 radical (unpaired) electrons. The van der Waals surface area contributed by atoms with Crippen LogP contribution in [0.2, 0.25) is 0 Å². The number of benzene rings is 1. The number of aromatic nitrogens is 3. The van der Waals surface area contributed by atoms with E-state index in [2.05, 4.69) is 20.3 Å². The summed E-state index contributed by atoms with van der Waals surface area (Å²) in [4.78, 5) is 15.6. The third-order valence-corrected chi connectivity index (χ3v) is 5.09. The van der Waals surface area contributed by atoms with E-state index >= 15 is 0 Å². The molecule has 0 amide bonds. The minimum absolute atomic E-state index is 0.165. The molecular weight excluding hydrogens is 395 g/mol. The molecule has 4 rings (SSSR count). The Morgan fingerprint density at radius 1 is 1.13 bits per heavy atom. The van der Waals surface area contributed by atoms with E-state index in [4.69, 9.17) is 4.74 Å². The summed E-state index contributed by atoms with van der Waals surface area (Å²) >= 11 is 0. The van der Waals surface area contributed by atoms with Crippen molar-refractivity contribution in [1.82, 2.24) is 15.0 Å². The number of ether oxygens (including phenoxy) is 1. The van der Waals surface area contributed by atoms with Gasteiger partial charge in [0.05, 0.1) is 36.7 Å². The number of hydrogen-bond donors (Lipinski definition) is 1. The number of alkyl halides is 2. The predicted molar refractivity (Wildman–Crippen MR) is 108 cm³/mol. The van der Waals surface area contributed by atoms with Gasteiger partial charge >= 0.3 is 0 Å². The Bertz CT molecular complexity index is 1060. The van der Waals surface area contributed by atoms with Crippen molar-refractivity contribution in [2.24, 2.45) is 0 Å². The van der Waals surface area contributed by atoms with E-state index in [1.807, 2.05) is 17.9 Å². The SMILES string of the molecule is Cc1cc(NC(C)c2cccc(C(F)F)c2F)c2nc(N3CCOCC3)ncc2n1. The minimum Gasteiger partial charge on any atom is -0.378 e. The van der Waals surface area contributed by atoms with Crippen LogP contribution in [0.5, 0.6) is 0 Å². The lowest BCUT2D eigenvalue weighted by atomic mass is 10.0. The van der Waals surface area contributed by atoms with E-state index in [-0.39, 0.29) is 5.56 Å². The highest BCUT2D eigenvalue weighted by Crippen LogP contribution is 2.31. The second-order valence-electron chi connectivity index (χ2n) is 7.23. The van der Waals surface area contributed by atoms with Crippen molar-refractivity contribution in [2.75, 3.05) is 36.5 Å². The third kappa shape index (κ3) is 4.02. The lowest BCUT2D eigenvalue weighted by Gasteiger charge is -2.27. The molecule has 2 aromatic heterocycles. The second kappa shape index (κ2) is 8.43. The maximum Gasteiger partial charge on any atom is 0.266 e. The first-order valence-corrected chi connectivity index (χ1v) is 9.74. The molecule has 1 unspecified atom stereocenters. The van der Waals surface area contributed by atoms with Gasteiger partial charge in [-0.1, -0.05) is 18.2 Å². The van der Waals surface area contributed by atoms with Crippen molar-refractivity contribution >= 4 is 22.7 Å². The zero-order valence-electron chi connectivity index (χ0n) is 16.7. The predicted octanol–water partition coefficient (Wildman–Crippen LogP) is 4.42. The Morgan fingerprint density at radius 3 is 2.60 bits per heavy atom. The number of fused-ring (bicyclic) bond motifs is 1. The summed E-state index contributed by atoms with van der Waals surface area (Å²) in [5.41, 5.74) is 2.13. The van der Waals surface area contributed by atoms with Gasteiger partial charge in [-0.25, -0.2) is 28.1 Å². The molecular formula is C21H22F3N5O. The van der Waals surface area contributed by atoms with Crippen LogP contribution >= 0.6 is 0 Å². The third-order valence-electron chi connectivity index (χ3n) is 5.09. The second-order valence-corrected chi connectivity index (χ2v) is 7.23. The van der Waals surface area contributed by atoms with Gasteiger partial charge in [0.15, 0.2) is 0 Å². The fourth-order valence-corrected chi connectivity index (χ4v) is 3.55. The van der Waals surface area contributed by atoms with E-state index in [0.29, 0.717) is 49.0 Å². The van der Waals surface area contributed by atoms with Crippen molar-refractivity contribution in [3.8, 4) is 0 Å². The molecule has 0 aliphatic carbocycles.